The van der Waals surface area contributed by atoms with Crippen LogP contribution in [0.1, 0.15) is 44.2 Å². The summed E-state index contributed by atoms with van der Waals surface area (Å²) in [5, 5.41) is 0. The Balaban J connectivity index is 1.39. The molecular formula is C21H29N5O2. The first-order chi connectivity index (χ1) is 13.4. The summed E-state index contributed by atoms with van der Waals surface area (Å²) >= 11 is 0. The van der Waals surface area contributed by atoms with E-state index >= 15 is 0 Å². The van der Waals surface area contributed by atoms with Crippen LogP contribution < -0.4 is 20.9 Å². The van der Waals surface area contributed by atoms with Crippen LogP contribution in [0.4, 0.5) is 11.8 Å². The van der Waals surface area contributed by atoms with Crippen LogP contribution in [0.5, 0.6) is 11.6 Å². The first-order valence-corrected chi connectivity index (χ1v) is 10.0. The molecule has 0 saturated carbocycles. The van der Waals surface area contributed by atoms with Crippen molar-refractivity contribution in [3.05, 3.63) is 35.4 Å². The molecule has 2 aliphatic heterocycles. The minimum absolute atomic E-state index is 0.174. The lowest BCUT2D eigenvalue weighted by atomic mass is 9.90. The molecule has 28 heavy (non-hydrogen) atoms. The van der Waals surface area contributed by atoms with E-state index in [9.17, 15) is 0 Å². The second-order valence-corrected chi connectivity index (χ2v) is 8.15. The van der Waals surface area contributed by atoms with Gasteiger partial charge in [0.2, 0.25) is 11.8 Å². The molecule has 1 aromatic heterocycles. The molecular weight excluding hydrogens is 354 g/mol. The maximum Gasteiger partial charge on any atom is 0.225 e. The average Bonchev–Trinajstić information content (AvgIpc) is 2.88. The smallest absolute Gasteiger partial charge is 0.225 e. The number of nitrogens with two attached hydrogens (primary N) is 2. The van der Waals surface area contributed by atoms with Crippen LogP contribution in [0, 0.1) is 0 Å². The van der Waals surface area contributed by atoms with Gasteiger partial charge < -0.3 is 20.9 Å². The third-order valence-corrected chi connectivity index (χ3v) is 5.52. The summed E-state index contributed by atoms with van der Waals surface area (Å²) in [6, 6.07) is 8.41. The molecule has 0 radical (unpaired) electrons. The highest BCUT2D eigenvalue weighted by molar-refractivity contribution is 5.52. The molecule has 1 saturated heterocycles. The Hall–Kier alpha value is -2.54. The van der Waals surface area contributed by atoms with Gasteiger partial charge in [0.25, 0.3) is 0 Å². The molecule has 7 heteroatoms. The lowest BCUT2D eigenvalue weighted by Crippen LogP contribution is -2.36. The fourth-order valence-electron chi connectivity index (χ4n) is 4.18. The van der Waals surface area contributed by atoms with Gasteiger partial charge in [0, 0.05) is 25.9 Å². The van der Waals surface area contributed by atoms with Gasteiger partial charge in [-0.05, 0) is 50.9 Å². The van der Waals surface area contributed by atoms with Gasteiger partial charge in [-0.15, -0.1) is 0 Å². The van der Waals surface area contributed by atoms with Gasteiger partial charge in [-0.25, -0.2) is 0 Å². The Morgan fingerprint density at radius 1 is 1.14 bits per heavy atom. The molecule has 1 atom stereocenters. The first-order valence-electron chi connectivity index (χ1n) is 10.0. The van der Waals surface area contributed by atoms with E-state index in [4.69, 9.17) is 20.9 Å². The molecule has 0 bridgehead atoms. The van der Waals surface area contributed by atoms with Gasteiger partial charge in [-0.3, -0.25) is 4.90 Å². The standard InChI is InChI=1S/C21H29N5O2/c1-14(2)27-16-6-4-15(5-7-16)13-26-10-3-8-21(9-11-26)12-17-18(22)24-20(23)25-19(17)28-21/h4-7,14H,3,8-13H2,1-2H3,(H4,22,23,24,25)/t21-/m0/s1. The van der Waals surface area contributed by atoms with E-state index in [0.29, 0.717) is 11.7 Å². The molecule has 0 aliphatic carbocycles. The maximum atomic E-state index is 6.27. The number of hydrogen-bond acceptors (Lipinski definition) is 7. The van der Waals surface area contributed by atoms with Crippen LogP contribution in [-0.4, -0.2) is 39.7 Å². The highest BCUT2D eigenvalue weighted by Crippen LogP contribution is 2.42. The molecule has 2 aromatic rings. The average molecular weight is 383 g/mol. The van der Waals surface area contributed by atoms with Crippen LogP contribution in [0.15, 0.2) is 24.3 Å². The molecule has 4 N–H and O–H groups in total. The number of hydrogen-bond donors (Lipinski definition) is 2. The van der Waals surface area contributed by atoms with Crippen molar-refractivity contribution in [2.45, 2.75) is 57.8 Å². The number of nitrogens with zero attached hydrogens (tertiary/aromatic N) is 3. The summed E-state index contributed by atoms with van der Waals surface area (Å²) in [5.41, 5.74) is 13.7. The van der Waals surface area contributed by atoms with Gasteiger partial charge in [-0.1, -0.05) is 12.1 Å². The third-order valence-electron chi connectivity index (χ3n) is 5.52. The lowest BCUT2D eigenvalue weighted by Gasteiger charge is -2.27. The molecule has 3 heterocycles. The van der Waals surface area contributed by atoms with Gasteiger partial charge >= 0.3 is 0 Å². The quantitative estimate of drug-likeness (QED) is 0.837. The highest BCUT2D eigenvalue weighted by Gasteiger charge is 2.42. The zero-order valence-corrected chi connectivity index (χ0v) is 16.6. The predicted octanol–water partition coefficient (Wildman–Crippen LogP) is 2.79. The summed E-state index contributed by atoms with van der Waals surface area (Å²) < 4.78 is 12.0. The van der Waals surface area contributed by atoms with Crippen LogP contribution in [0.2, 0.25) is 0 Å². The number of anilines is 2. The van der Waals surface area contributed by atoms with E-state index in [1.807, 2.05) is 13.8 Å². The van der Waals surface area contributed by atoms with Crippen molar-refractivity contribution in [1.29, 1.82) is 0 Å². The minimum atomic E-state index is -0.233. The molecule has 0 amide bonds. The molecule has 2 aliphatic rings. The summed E-state index contributed by atoms with van der Waals surface area (Å²) in [6.45, 7) is 7.03. The predicted molar refractivity (Wildman–Crippen MR) is 109 cm³/mol. The van der Waals surface area contributed by atoms with Crippen molar-refractivity contribution in [1.82, 2.24) is 14.9 Å². The number of likely N-dealkylation sites (tertiary alicyclic amines) is 1. The van der Waals surface area contributed by atoms with E-state index in [1.54, 1.807) is 0 Å². The number of rotatable bonds is 4. The maximum absolute atomic E-state index is 6.27. The summed E-state index contributed by atoms with van der Waals surface area (Å²) in [7, 11) is 0. The largest absolute Gasteiger partial charge is 0.491 e. The van der Waals surface area contributed by atoms with Crippen LogP contribution >= 0.6 is 0 Å². The van der Waals surface area contributed by atoms with E-state index < -0.39 is 0 Å². The highest BCUT2D eigenvalue weighted by atomic mass is 16.5. The molecule has 7 nitrogen and oxygen atoms in total. The van der Waals surface area contributed by atoms with Crippen molar-refractivity contribution < 1.29 is 9.47 Å². The number of aromatic nitrogens is 2. The van der Waals surface area contributed by atoms with Gasteiger partial charge in [-0.2, -0.15) is 9.97 Å². The van der Waals surface area contributed by atoms with Crippen molar-refractivity contribution in [2.24, 2.45) is 0 Å². The Morgan fingerprint density at radius 3 is 2.68 bits per heavy atom. The summed E-state index contributed by atoms with van der Waals surface area (Å²) in [5.74, 6) is 2.11. The normalized spacial score (nSPS) is 22.1. The topological polar surface area (TPSA) is 99.5 Å². The van der Waals surface area contributed by atoms with E-state index in [2.05, 4.69) is 39.1 Å². The fraction of sp³-hybridized carbons (Fsp3) is 0.524. The van der Waals surface area contributed by atoms with Crippen molar-refractivity contribution in [2.75, 3.05) is 24.6 Å². The van der Waals surface area contributed by atoms with Crippen LogP contribution in [0.25, 0.3) is 0 Å². The molecule has 4 rings (SSSR count). The molecule has 0 unspecified atom stereocenters. The Bertz CT molecular complexity index is 839. The monoisotopic (exact) mass is 383 g/mol. The fourth-order valence-corrected chi connectivity index (χ4v) is 4.18. The second kappa shape index (κ2) is 7.47. The van der Waals surface area contributed by atoms with Gasteiger partial charge in [0.05, 0.1) is 11.7 Å². The van der Waals surface area contributed by atoms with Crippen LogP contribution in [0.3, 0.4) is 0 Å². The first kappa shape index (κ1) is 18.8. The van der Waals surface area contributed by atoms with Gasteiger partial charge in [0.1, 0.15) is 17.2 Å². The van der Waals surface area contributed by atoms with E-state index in [0.717, 1.165) is 56.6 Å². The van der Waals surface area contributed by atoms with Crippen molar-refractivity contribution >= 4 is 11.8 Å². The molecule has 150 valence electrons. The second-order valence-electron chi connectivity index (χ2n) is 8.15. The minimum Gasteiger partial charge on any atom is -0.491 e. The Kier molecular flexibility index (Phi) is 5.02. The number of ether oxygens (including phenoxy) is 2. The molecule has 1 aromatic carbocycles. The third kappa shape index (κ3) is 3.99. The number of nitrogen functional groups attached to an aromatic ring is 2. The lowest BCUT2D eigenvalue weighted by molar-refractivity contribution is 0.0728. The van der Waals surface area contributed by atoms with E-state index in [1.165, 1.54) is 5.56 Å². The zero-order valence-electron chi connectivity index (χ0n) is 16.6. The number of benzene rings is 1. The Labute approximate surface area is 166 Å². The van der Waals surface area contributed by atoms with Crippen molar-refractivity contribution in [3.8, 4) is 11.6 Å². The van der Waals surface area contributed by atoms with E-state index in [-0.39, 0.29) is 17.7 Å². The van der Waals surface area contributed by atoms with Crippen LogP contribution in [-0.2, 0) is 13.0 Å². The van der Waals surface area contributed by atoms with Gasteiger partial charge in [0.15, 0.2) is 0 Å². The number of fused-ring (bicyclic) bond motifs is 1. The summed E-state index contributed by atoms with van der Waals surface area (Å²) in [4.78, 5) is 10.8. The molecule has 1 spiro atoms. The van der Waals surface area contributed by atoms with Crippen molar-refractivity contribution in [3.63, 3.8) is 0 Å². The molecule has 1 fully saturated rings. The Morgan fingerprint density at radius 2 is 1.93 bits per heavy atom. The SMILES string of the molecule is CC(C)Oc1ccc(CN2CCC[C@]3(CC2)Cc2c(N)nc(N)nc2O3)cc1. The zero-order chi connectivity index (χ0) is 19.7. The summed E-state index contributed by atoms with van der Waals surface area (Å²) in [6.07, 6.45) is 3.96.